The van der Waals surface area contributed by atoms with Gasteiger partial charge in [-0.05, 0) is 43.2 Å². The average Bonchev–Trinajstić information content (AvgIpc) is 2.43. The van der Waals surface area contributed by atoms with Crippen molar-refractivity contribution >= 4 is 27.4 Å². The zero-order valence-electron chi connectivity index (χ0n) is 11.7. The molecule has 0 unspecified atom stereocenters. The van der Waals surface area contributed by atoms with Gasteiger partial charge in [-0.15, -0.1) is 0 Å². The fourth-order valence-electron chi connectivity index (χ4n) is 2.05. The van der Waals surface area contributed by atoms with Crippen LogP contribution in [-0.4, -0.2) is 12.9 Å². The van der Waals surface area contributed by atoms with E-state index in [4.69, 9.17) is 10.5 Å². The number of anilines is 1. The quantitative estimate of drug-likeness (QED) is 0.684. The van der Waals surface area contributed by atoms with Crippen LogP contribution >= 0.6 is 15.9 Å². The van der Waals surface area contributed by atoms with Gasteiger partial charge in [-0.3, -0.25) is 4.79 Å². The van der Waals surface area contributed by atoms with Gasteiger partial charge in [0.1, 0.15) is 5.75 Å². The van der Waals surface area contributed by atoms with Crippen molar-refractivity contribution < 1.29 is 9.53 Å². The zero-order chi connectivity index (χ0) is 14.9. The van der Waals surface area contributed by atoms with E-state index in [9.17, 15) is 4.79 Å². The molecule has 2 aromatic rings. The number of nitrogens with two attached hydrogens (primary N) is 1. The minimum atomic E-state index is -0.0904. The van der Waals surface area contributed by atoms with Gasteiger partial charge in [0.05, 0.1) is 12.7 Å². The number of aryl methyl sites for hydroxylation is 1. The lowest BCUT2D eigenvalue weighted by Gasteiger charge is -2.12. The summed E-state index contributed by atoms with van der Waals surface area (Å²) in [6.45, 7) is 3.80. The fourth-order valence-corrected chi connectivity index (χ4v) is 2.39. The highest BCUT2D eigenvalue weighted by Crippen LogP contribution is 2.30. The van der Waals surface area contributed by atoms with Gasteiger partial charge in [-0.25, -0.2) is 0 Å². The van der Waals surface area contributed by atoms with Crippen LogP contribution in [0.5, 0.6) is 5.75 Å². The third-order valence-corrected chi connectivity index (χ3v) is 4.20. The highest BCUT2D eigenvalue weighted by atomic mass is 79.9. The number of rotatable bonds is 3. The second kappa shape index (κ2) is 5.67. The second-order valence-corrected chi connectivity index (χ2v) is 5.50. The molecular formula is C16H16BrNO2. The van der Waals surface area contributed by atoms with Gasteiger partial charge in [0.2, 0.25) is 0 Å². The summed E-state index contributed by atoms with van der Waals surface area (Å²) in [5.74, 6) is 0.477. The first-order valence-corrected chi connectivity index (χ1v) is 6.99. The number of hydrogen-bond acceptors (Lipinski definition) is 3. The summed E-state index contributed by atoms with van der Waals surface area (Å²) in [7, 11) is 1.56. The molecule has 0 saturated carbocycles. The van der Waals surface area contributed by atoms with Gasteiger partial charge >= 0.3 is 0 Å². The summed E-state index contributed by atoms with van der Waals surface area (Å²) in [6.07, 6.45) is 0. The predicted molar refractivity (Wildman–Crippen MR) is 84.5 cm³/mol. The lowest BCUT2D eigenvalue weighted by Crippen LogP contribution is -2.08. The molecule has 104 valence electrons. The molecule has 0 saturated heterocycles. The fraction of sp³-hybridized carbons (Fsp3) is 0.188. The molecule has 0 aromatic heterocycles. The monoisotopic (exact) mass is 333 g/mol. The van der Waals surface area contributed by atoms with Crippen LogP contribution in [0.4, 0.5) is 5.69 Å². The number of nitrogen functional groups attached to an aromatic ring is 1. The molecule has 0 bridgehead atoms. The Morgan fingerprint density at radius 2 is 1.90 bits per heavy atom. The van der Waals surface area contributed by atoms with Gasteiger partial charge in [-0.1, -0.05) is 28.1 Å². The van der Waals surface area contributed by atoms with Gasteiger partial charge in [0.15, 0.2) is 5.78 Å². The van der Waals surface area contributed by atoms with E-state index in [1.807, 2.05) is 19.9 Å². The van der Waals surface area contributed by atoms with Crippen LogP contribution < -0.4 is 10.5 Å². The average molecular weight is 334 g/mol. The molecule has 0 aliphatic rings. The molecule has 4 heteroatoms. The van der Waals surface area contributed by atoms with Crippen molar-refractivity contribution in [2.45, 2.75) is 13.8 Å². The van der Waals surface area contributed by atoms with Crippen molar-refractivity contribution in [3.63, 3.8) is 0 Å². The van der Waals surface area contributed by atoms with Crippen molar-refractivity contribution in [1.82, 2.24) is 0 Å². The maximum atomic E-state index is 12.7. The van der Waals surface area contributed by atoms with Crippen LogP contribution in [-0.2, 0) is 0 Å². The summed E-state index contributed by atoms with van der Waals surface area (Å²) < 4.78 is 6.20. The Kier molecular flexibility index (Phi) is 4.14. The van der Waals surface area contributed by atoms with Crippen LogP contribution in [0.3, 0.4) is 0 Å². The lowest BCUT2D eigenvalue weighted by atomic mass is 9.97. The van der Waals surface area contributed by atoms with Crippen LogP contribution in [0.1, 0.15) is 27.0 Å². The molecule has 0 amide bonds. The van der Waals surface area contributed by atoms with E-state index in [2.05, 4.69) is 15.9 Å². The maximum Gasteiger partial charge on any atom is 0.197 e. The lowest BCUT2D eigenvalue weighted by molar-refractivity contribution is 0.103. The first-order chi connectivity index (χ1) is 9.45. The van der Waals surface area contributed by atoms with Gasteiger partial charge < -0.3 is 10.5 Å². The standard InChI is InChI=1S/C16H16BrNO2/c1-9-7-15(20-3)12(8-13(9)17)16(19)11-5-4-6-14(18)10(11)2/h4-8H,18H2,1-3H3. The van der Waals surface area contributed by atoms with Gasteiger partial charge in [0, 0.05) is 15.7 Å². The van der Waals surface area contributed by atoms with E-state index >= 15 is 0 Å². The van der Waals surface area contributed by atoms with Crippen molar-refractivity contribution in [3.05, 3.63) is 57.1 Å². The summed E-state index contributed by atoms with van der Waals surface area (Å²) in [6, 6.07) is 8.99. The molecule has 0 fully saturated rings. The van der Waals surface area contributed by atoms with Crippen molar-refractivity contribution in [2.75, 3.05) is 12.8 Å². The molecular weight excluding hydrogens is 318 g/mol. The van der Waals surface area contributed by atoms with Crippen molar-refractivity contribution in [1.29, 1.82) is 0 Å². The van der Waals surface area contributed by atoms with E-state index < -0.39 is 0 Å². The van der Waals surface area contributed by atoms with Crippen LogP contribution in [0.15, 0.2) is 34.8 Å². The Morgan fingerprint density at radius 1 is 1.20 bits per heavy atom. The Balaban J connectivity index is 2.59. The predicted octanol–water partition coefficient (Wildman–Crippen LogP) is 3.89. The summed E-state index contributed by atoms with van der Waals surface area (Å²) >= 11 is 3.45. The minimum absolute atomic E-state index is 0.0904. The topological polar surface area (TPSA) is 52.3 Å². The molecule has 0 heterocycles. The van der Waals surface area contributed by atoms with Crippen LogP contribution in [0.25, 0.3) is 0 Å². The summed E-state index contributed by atoms with van der Waals surface area (Å²) in [5.41, 5.74) is 9.41. The first-order valence-electron chi connectivity index (χ1n) is 6.19. The number of methoxy groups -OCH3 is 1. The zero-order valence-corrected chi connectivity index (χ0v) is 13.2. The molecule has 20 heavy (non-hydrogen) atoms. The molecule has 2 rings (SSSR count). The molecule has 2 N–H and O–H groups in total. The first kappa shape index (κ1) is 14.6. The summed E-state index contributed by atoms with van der Waals surface area (Å²) in [4.78, 5) is 12.7. The number of ether oxygens (including phenoxy) is 1. The Bertz CT molecular complexity index is 680. The molecule has 2 aromatic carbocycles. The van der Waals surface area contributed by atoms with Crippen molar-refractivity contribution in [2.24, 2.45) is 0 Å². The van der Waals surface area contributed by atoms with Gasteiger partial charge in [0.25, 0.3) is 0 Å². The third-order valence-electron chi connectivity index (χ3n) is 3.35. The number of benzene rings is 2. The highest BCUT2D eigenvalue weighted by Gasteiger charge is 2.18. The van der Waals surface area contributed by atoms with Crippen LogP contribution in [0, 0.1) is 13.8 Å². The van der Waals surface area contributed by atoms with Crippen LogP contribution in [0.2, 0.25) is 0 Å². The van der Waals surface area contributed by atoms with Gasteiger partial charge in [-0.2, -0.15) is 0 Å². The number of carbonyl (C=O) groups is 1. The van der Waals surface area contributed by atoms with E-state index in [0.717, 1.165) is 15.6 Å². The normalized spacial score (nSPS) is 10.4. The molecule has 0 atom stereocenters. The third kappa shape index (κ3) is 2.56. The number of ketones is 1. The van der Waals surface area contributed by atoms with E-state index in [0.29, 0.717) is 22.6 Å². The Labute approximate surface area is 126 Å². The maximum absolute atomic E-state index is 12.7. The SMILES string of the molecule is COc1cc(C)c(Br)cc1C(=O)c1cccc(N)c1C. The van der Waals surface area contributed by atoms with E-state index in [1.54, 1.807) is 31.4 Å². The number of halogens is 1. The smallest absolute Gasteiger partial charge is 0.197 e. The number of carbonyl (C=O) groups excluding carboxylic acids is 1. The Morgan fingerprint density at radius 3 is 2.55 bits per heavy atom. The van der Waals surface area contributed by atoms with E-state index in [1.165, 1.54) is 0 Å². The van der Waals surface area contributed by atoms with E-state index in [-0.39, 0.29) is 5.78 Å². The highest BCUT2D eigenvalue weighted by molar-refractivity contribution is 9.10. The second-order valence-electron chi connectivity index (χ2n) is 4.65. The number of hydrogen-bond donors (Lipinski definition) is 1. The van der Waals surface area contributed by atoms with Crippen molar-refractivity contribution in [3.8, 4) is 5.75 Å². The summed E-state index contributed by atoms with van der Waals surface area (Å²) in [5, 5.41) is 0. The largest absolute Gasteiger partial charge is 0.496 e. The molecule has 0 radical (unpaired) electrons. The molecule has 0 spiro atoms. The minimum Gasteiger partial charge on any atom is -0.496 e. The Hall–Kier alpha value is -1.81. The molecule has 3 nitrogen and oxygen atoms in total. The molecule has 0 aliphatic heterocycles. The molecule has 0 aliphatic carbocycles.